The van der Waals surface area contributed by atoms with Gasteiger partial charge in [0.05, 0.1) is 17.2 Å². The first-order valence-electron chi connectivity index (χ1n) is 10.6. The number of para-hydroxylation sites is 2. The van der Waals surface area contributed by atoms with Crippen LogP contribution in [0, 0.1) is 13.8 Å². The number of nitrogens with zero attached hydrogens (tertiary/aromatic N) is 4. The van der Waals surface area contributed by atoms with Gasteiger partial charge in [-0.3, -0.25) is 4.79 Å². The minimum absolute atomic E-state index is 0.175. The van der Waals surface area contributed by atoms with E-state index in [0.717, 1.165) is 16.7 Å². The lowest BCUT2D eigenvalue weighted by Crippen LogP contribution is -2.14. The molecule has 0 atom stereocenters. The number of rotatable bonds is 4. The molecule has 0 bridgehead atoms. The fraction of sp³-hybridized carbons (Fsp3) is 0.0769. The second-order valence-corrected chi connectivity index (χ2v) is 7.94. The van der Waals surface area contributed by atoms with Crippen LogP contribution in [0.1, 0.15) is 27.0 Å². The van der Waals surface area contributed by atoms with Crippen molar-refractivity contribution in [3.63, 3.8) is 0 Å². The summed E-state index contributed by atoms with van der Waals surface area (Å²) in [6.07, 6.45) is 1.68. The van der Waals surface area contributed by atoms with E-state index < -0.39 is 0 Å². The van der Waals surface area contributed by atoms with Gasteiger partial charge in [0, 0.05) is 5.69 Å². The second kappa shape index (κ2) is 8.20. The predicted molar refractivity (Wildman–Crippen MR) is 133 cm³/mol. The lowest BCUT2D eigenvalue weighted by molar-refractivity contribution is 0.102. The van der Waals surface area contributed by atoms with Crippen molar-refractivity contribution >= 4 is 45.8 Å². The lowest BCUT2D eigenvalue weighted by atomic mass is 10.1. The SMILES string of the molecule is Cc1cc(C)cc(NC(=O)c2c(N)n(/N=C\c3ccccc3)c3nc4ccccc4nc23)c1. The molecule has 2 aromatic heterocycles. The Morgan fingerprint density at radius 3 is 2.27 bits per heavy atom. The normalized spacial score (nSPS) is 11.5. The van der Waals surface area contributed by atoms with E-state index in [0.29, 0.717) is 27.9 Å². The zero-order chi connectivity index (χ0) is 22.9. The fourth-order valence-electron chi connectivity index (χ4n) is 3.89. The highest BCUT2D eigenvalue weighted by molar-refractivity contribution is 6.16. The quantitative estimate of drug-likeness (QED) is 0.392. The number of nitrogen functional groups attached to an aromatic ring is 1. The molecule has 0 aliphatic carbocycles. The van der Waals surface area contributed by atoms with E-state index >= 15 is 0 Å². The third-order valence-electron chi connectivity index (χ3n) is 5.30. The molecule has 0 fully saturated rings. The maximum absolute atomic E-state index is 13.4. The van der Waals surface area contributed by atoms with Gasteiger partial charge < -0.3 is 11.1 Å². The van der Waals surface area contributed by atoms with Crippen LogP contribution in [0.5, 0.6) is 0 Å². The van der Waals surface area contributed by atoms with Crippen LogP contribution in [-0.2, 0) is 0 Å². The van der Waals surface area contributed by atoms with Crippen molar-refractivity contribution in [3.05, 3.63) is 95.1 Å². The molecule has 0 saturated heterocycles. The summed E-state index contributed by atoms with van der Waals surface area (Å²) in [4.78, 5) is 22.8. The summed E-state index contributed by atoms with van der Waals surface area (Å²) in [5.74, 6) is -0.185. The number of anilines is 2. The monoisotopic (exact) mass is 434 g/mol. The van der Waals surface area contributed by atoms with Crippen LogP contribution in [0.4, 0.5) is 11.5 Å². The minimum atomic E-state index is -0.360. The molecule has 162 valence electrons. The van der Waals surface area contributed by atoms with Gasteiger partial charge in [0.15, 0.2) is 5.65 Å². The van der Waals surface area contributed by atoms with Gasteiger partial charge in [0.25, 0.3) is 5.91 Å². The van der Waals surface area contributed by atoms with Gasteiger partial charge >= 0.3 is 0 Å². The number of amides is 1. The second-order valence-electron chi connectivity index (χ2n) is 7.94. The maximum Gasteiger partial charge on any atom is 0.261 e. The van der Waals surface area contributed by atoms with Crippen LogP contribution < -0.4 is 11.1 Å². The molecule has 0 saturated carbocycles. The Hall–Kier alpha value is -4.52. The van der Waals surface area contributed by atoms with Gasteiger partial charge in [-0.1, -0.05) is 48.5 Å². The molecular formula is C26H22N6O. The Kier molecular flexibility index (Phi) is 5.06. The van der Waals surface area contributed by atoms with Crippen molar-refractivity contribution < 1.29 is 4.79 Å². The number of carbonyl (C=O) groups excluding carboxylic acids is 1. The molecule has 1 amide bonds. The maximum atomic E-state index is 13.4. The van der Waals surface area contributed by atoms with E-state index in [4.69, 9.17) is 15.7 Å². The first-order chi connectivity index (χ1) is 16.0. The average Bonchev–Trinajstić information content (AvgIpc) is 3.06. The van der Waals surface area contributed by atoms with E-state index in [2.05, 4.69) is 10.4 Å². The van der Waals surface area contributed by atoms with Gasteiger partial charge in [-0.2, -0.15) is 9.78 Å². The largest absolute Gasteiger partial charge is 0.383 e. The molecular weight excluding hydrogens is 412 g/mol. The third kappa shape index (κ3) is 3.92. The van der Waals surface area contributed by atoms with Crippen LogP contribution >= 0.6 is 0 Å². The summed E-state index contributed by atoms with van der Waals surface area (Å²) in [5, 5.41) is 7.49. The van der Waals surface area contributed by atoms with Gasteiger partial charge in [-0.25, -0.2) is 9.97 Å². The Morgan fingerprint density at radius 2 is 1.58 bits per heavy atom. The van der Waals surface area contributed by atoms with Crippen molar-refractivity contribution in [2.75, 3.05) is 11.1 Å². The van der Waals surface area contributed by atoms with Gasteiger partial charge in [0.1, 0.15) is 16.9 Å². The number of nitrogens with two attached hydrogens (primary N) is 1. The van der Waals surface area contributed by atoms with Crippen molar-refractivity contribution in [2.24, 2.45) is 5.10 Å². The summed E-state index contributed by atoms with van der Waals surface area (Å²) >= 11 is 0. The summed E-state index contributed by atoms with van der Waals surface area (Å²) in [5.41, 5.74) is 12.6. The summed E-state index contributed by atoms with van der Waals surface area (Å²) < 4.78 is 1.47. The molecule has 2 heterocycles. The number of benzene rings is 3. The molecule has 0 radical (unpaired) electrons. The van der Waals surface area contributed by atoms with Crippen LogP contribution in [0.25, 0.3) is 22.2 Å². The molecule has 3 N–H and O–H groups in total. The summed E-state index contributed by atoms with van der Waals surface area (Å²) in [6.45, 7) is 3.97. The number of nitrogens with one attached hydrogen (secondary N) is 1. The highest BCUT2D eigenvalue weighted by Crippen LogP contribution is 2.29. The first kappa shape index (κ1) is 20.4. The molecule has 3 aromatic carbocycles. The molecule has 33 heavy (non-hydrogen) atoms. The molecule has 0 aliphatic heterocycles. The van der Waals surface area contributed by atoms with E-state index in [1.165, 1.54) is 4.68 Å². The van der Waals surface area contributed by atoms with Crippen LogP contribution in [0.2, 0.25) is 0 Å². The van der Waals surface area contributed by atoms with Crippen molar-refractivity contribution in [3.8, 4) is 0 Å². The van der Waals surface area contributed by atoms with Crippen LogP contribution in [-0.4, -0.2) is 26.8 Å². The average molecular weight is 435 g/mol. The third-order valence-corrected chi connectivity index (χ3v) is 5.30. The van der Waals surface area contributed by atoms with E-state index in [1.807, 2.05) is 86.6 Å². The standard InChI is InChI=1S/C26H22N6O/c1-16-12-17(2)14-19(13-16)29-26(33)22-23-25(31-21-11-7-6-10-20(21)30-23)32(24(22)27)28-15-18-8-4-3-5-9-18/h3-15H,27H2,1-2H3,(H,29,33)/b28-15-. The van der Waals surface area contributed by atoms with Crippen molar-refractivity contribution in [1.29, 1.82) is 0 Å². The number of aryl methyl sites for hydroxylation is 2. The number of carbonyl (C=O) groups is 1. The molecule has 0 unspecified atom stereocenters. The fourth-order valence-corrected chi connectivity index (χ4v) is 3.89. The number of fused-ring (bicyclic) bond motifs is 2. The van der Waals surface area contributed by atoms with Gasteiger partial charge in [0.2, 0.25) is 0 Å². The smallest absolute Gasteiger partial charge is 0.261 e. The summed E-state index contributed by atoms with van der Waals surface area (Å²) in [7, 11) is 0. The molecule has 0 spiro atoms. The minimum Gasteiger partial charge on any atom is -0.383 e. The number of aromatic nitrogens is 3. The Balaban J connectivity index is 1.67. The highest BCUT2D eigenvalue weighted by atomic mass is 16.1. The zero-order valence-corrected chi connectivity index (χ0v) is 18.3. The first-order valence-corrected chi connectivity index (χ1v) is 10.6. The van der Waals surface area contributed by atoms with E-state index in [1.54, 1.807) is 6.21 Å². The van der Waals surface area contributed by atoms with Crippen LogP contribution in [0.3, 0.4) is 0 Å². The van der Waals surface area contributed by atoms with Gasteiger partial charge in [-0.15, -0.1) is 0 Å². The summed E-state index contributed by atoms with van der Waals surface area (Å²) in [6, 6.07) is 23.0. The van der Waals surface area contributed by atoms with Crippen molar-refractivity contribution in [2.45, 2.75) is 13.8 Å². The Morgan fingerprint density at radius 1 is 0.939 bits per heavy atom. The zero-order valence-electron chi connectivity index (χ0n) is 18.3. The van der Waals surface area contributed by atoms with E-state index in [-0.39, 0.29) is 17.3 Å². The molecule has 7 nitrogen and oxygen atoms in total. The molecule has 5 aromatic rings. The molecule has 0 aliphatic rings. The molecule has 7 heteroatoms. The lowest BCUT2D eigenvalue weighted by Gasteiger charge is -2.08. The topological polar surface area (TPSA) is 98.2 Å². The highest BCUT2D eigenvalue weighted by Gasteiger charge is 2.24. The van der Waals surface area contributed by atoms with Crippen molar-refractivity contribution in [1.82, 2.24) is 14.6 Å². The van der Waals surface area contributed by atoms with Gasteiger partial charge in [-0.05, 0) is 54.8 Å². The molecule has 5 rings (SSSR count). The Bertz CT molecular complexity index is 1520. The van der Waals surface area contributed by atoms with Crippen LogP contribution in [0.15, 0.2) is 77.9 Å². The number of hydrogen-bond acceptors (Lipinski definition) is 5. The Labute approximate surface area is 190 Å². The predicted octanol–water partition coefficient (Wildman–Crippen LogP) is 4.92. The van der Waals surface area contributed by atoms with E-state index in [9.17, 15) is 4.79 Å². The number of hydrogen-bond donors (Lipinski definition) is 2.